The van der Waals surface area contributed by atoms with Crippen LogP contribution in [0.25, 0.3) is 0 Å². The molecule has 126 valence electrons. The molecule has 1 amide bonds. The number of rotatable bonds is 7. The standard InChI is InChI=1S/C18H19ClN2O3/c1-3-23-16-10-5-13(11-17(16)24-4-2)12-20-21-18(22)14-6-8-15(19)9-7-14/h5-12H,3-4H2,1-2H3,(H,21,22). The van der Waals surface area contributed by atoms with Crippen LogP contribution in [0.5, 0.6) is 11.5 Å². The first-order valence-electron chi connectivity index (χ1n) is 7.62. The van der Waals surface area contributed by atoms with Gasteiger partial charge in [0.2, 0.25) is 0 Å². The van der Waals surface area contributed by atoms with Gasteiger partial charge in [-0.05, 0) is 61.9 Å². The minimum Gasteiger partial charge on any atom is -0.490 e. The number of nitrogens with zero attached hydrogens (tertiary/aromatic N) is 1. The Labute approximate surface area is 146 Å². The fourth-order valence-corrected chi connectivity index (χ4v) is 2.11. The summed E-state index contributed by atoms with van der Waals surface area (Å²) >= 11 is 5.79. The van der Waals surface area contributed by atoms with Gasteiger partial charge in [-0.3, -0.25) is 4.79 Å². The van der Waals surface area contributed by atoms with Gasteiger partial charge >= 0.3 is 0 Å². The van der Waals surface area contributed by atoms with Crippen molar-refractivity contribution >= 4 is 23.7 Å². The van der Waals surface area contributed by atoms with Crippen LogP contribution in [0.15, 0.2) is 47.6 Å². The lowest BCUT2D eigenvalue weighted by atomic mass is 10.2. The summed E-state index contributed by atoms with van der Waals surface area (Å²) in [5.41, 5.74) is 3.75. The van der Waals surface area contributed by atoms with Gasteiger partial charge in [0.25, 0.3) is 5.91 Å². The molecule has 2 aromatic rings. The molecule has 0 aromatic heterocycles. The lowest BCUT2D eigenvalue weighted by Crippen LogP contribution is -2.17. The Morgan fingerprint density at radius 2 is 1.75 bits per heavy atom. The molecule has 2 rings (SSSR count). The highest BCUT2D eigenvalue weighted by molar-refractivity contribution is 6.30. The maximum absolute atomic E-state index is 11.9. The van der Waals surface area contributed by atoms with Crippen LogP contribution in [0.3, 0.4) is 0 Å². The van der Waals surface area contributed by atoms with Crippen molar-refractivity contribution in [3.8, 4) is 11.5 Å². The Morgan fingerprint density at radius 3 is 2.42 bits per heavy atom. The van der Waals surface area contributed by atoms with E-state index in [0.29, 0.717) is 35.3 Å². The molecule has 0 unspecified atom stereocenters. The molecule has 6 heteroatoms. The molecule has 0 spiro atoms. The molecule has 0 heterocycles. The van der Waals surface area contributed by atoms with Crippen LogP contribution in [-0.4, -0.2) is 25.3 Å². The molecular formula is C18H19ClN2O3. The van der Waals surface area contributed by atoms with Gasteiger partial charge in [-0.25, -0.2) is 5.43 Å². The minimum atomic E-state index is -0.307. The van der Waals surface area contributed by atoms with Crippen molar-refractivity contribution in [3.05, 3.63) is 58.6 Å². The summed E-state index contributed by atoms with van der Waals surface area (Å²) in [6.45, 7) is 4.92. The monoisotopic (exact) mass is 346 g/mol. The Kier molecular flexibility index (Phi) is 6.63. The number of nitrogens with one attached hydrogen (secondary N) is 1. The molecule has 2 aromatic carbocycles. The quantitative estimate of drug-likeness (QED) is 0.611. The minimum absolute atomic E-state index is 0.307. The van der Waals surface area contributed by atoms with Crippen molar-refractivity contribution in [1.82, 2.24) is 5.43 Å². The van der Waals surface area contributed by atoms with Crippen molar-refractivity contribution in [2.75, 3.05) is 13.2 Å². The number of hydrogen-bond donors (Lipinski definition) is 1. The Bertz CT molecular complexity index is 715. The number of carbonyl (C=O) groups excluding carboxylic acids is 1. The summed E-state index contributed by atoms with van der Waals surface area (Å²) < 4.78 is 11.1. The first kappa shape index (κ1) is 17.8. The first-order chi connectivity index (χ1) is 11.6. The molecule has 0 atom stereocenters. The fourth-order valence-electron chi connectivity index (χ4n) is 1.98. The van der Waals surface area contributed by atoms with Crippen molar-refractivity contribution < 1.29 is 14.3 Å². The predicted octanol–water partition coefficient (Wildman–Crippen LogP) is 3.90. The molecule has 0 saturated carbocycles. The van der Waals surface area contributed by atoms with E-state index in [1.165, 1.54) is 0 Å². The van der Waals surface area contributed by atoms with Crippen molar-refractivity contribution in [2.24, 2.45) is 5.10 Å². The molecule has 0 aliphatic rings. The van der Waals surface area contributed by atoms with E-state index in [1.807, 2.05) is 32.0 Å². The maximum atomic E-state index is 11.9. The second kappa shape index (κ2) is 8.93. The van der Waals surface area contributed by atoms with E-state index in [-0.39, 0.29) is 5.91 Å². The third-order valence-corrected chi connectivity index (χ3v) is 3.31. The molecule has 0 radical (unpaired) electrons. The number of amides is 1. The molecule has 24 heavy (non-hydrogen) atoms. The van der Waals surface area contributed by atoms with E-state index in [4.69, 9.17) is 21.1 Å². The summed E-state index contributed by atoms with van der Waals surface area (Å²) in [5.74, 6) is 1.02. The van der Waals surface area contributed by atoms with Crippen LogP contribution in [0.2, 0.25) is 5.02 Å². The molecule has 0 aliphatic heterocycles. The summed E-state index contributed by atoms with van der Waals surface area (Å²) in [6.07, 6.45) is 1.55. The van der Waals surface area contributed by atoms with Gasteiger partial charge in [0.15, 0.2) is 11.5 Å². The van der Waals surface area contributed by atoms with Gasteiger partial charge in [-0.2, -0.15) is 5.10 Å². The first-order valence-corrected chi connectivity index (χ1v) is 8.00. The van der Waals surface area contributed by atoms with E-state index < -0.39 is 0 Å². The smallest absolute Gasteiger partial charge is 0.271 e. The van der Waals surface area contributed by atoms with E-state index in [0.717, 1.165) is 5.56 Å². The van der Waals surface area contributed by atoms with E-state index >= 15 is 0 Å². The van der Waals surface area contributed by atoms with Crippen LogP contribution >= 0.6 is 11.6 Å². The largest absolute Gasteiger partial charge is 0.490 e. The number of ether oxygens (including phenoxy) is 2. The summed E-state index contributed by atoms with van der Waals surface area (Å²) in [5, 5.41) is 4.54. The van der Waals surface area contributed by atoms with Gasteiger partial charge in [-0.15, -0.1) is 0 Å². The number of hydrogen-bond acceptors (Lipinski definition) is 4. The number of halogens is 1. The number of carbonyl (C=O) groups is 1. The zero-order valence-corrected chi connectivity index (χ0v) is 14.3. The third kappa shape index (κ3) is 4.99. The number of benzene rings is 2. The lowest BCUT2D eigenvalue weighted by molar-refractivity contribution is 0.0955. The molecule has 5 nitrogen and oxygen atoms in total. The molecule has 0 fully saturated rings. The predicted molar refractivity (Wildman–Crippen MR) is 95.3 cm³/mol. The Balaban J connectivity index is 2.04. The van der Waals surface area contributed by atoms with Gasteiger partial charge in [0.05, 0.1) is 19.4 Å². The van der Waals surface area contributed by atoms with Gasteiger partial charge in [0, 0.05) is 10.6 Å². The highest BCUT2D eigenvalue weighted by atomic mass is 35.5. The maximum Gasteiger partial charge on any atom is 0.271 e. The van der Waals surface area contributed by atoms with Gasteiger partial charge in [0.1, 0.15) is 0 Å². The van der Waals surface area contributed by atoms with E-state index in [1.54, 1.807) is 30.5 Å². The van der Waals surface area contributed by atoms with Crippen LogP contribution in [-0.2, 0) is 0 Å². The van der Waals surface area contributed by atoms with Gasteiger partial charge in [-0.1, -0.05) is 11.6 Å². The molecular weight excluding hydrogens is 328 g/mol. The molecule has 0 bridgehead atoms. The van der Waals surface area contributed by atoms with Crippen LogP contribution < -0.4 is 14.9 Å². The SMILES string of the molecule is CCOc1ccc(C=NNC(=O)c2ccc(Cl)cc2)cc1OCC. The topological polar surface area (TPSA) is 59.9 Å². The van der Waals surface area contributed by atoms with E-state index in [9.17, 15) is 4.79 Å². The van der Waals surface area contributed by atoms with E-state index in [2.05, 4.69) is 10.5 Å². The average molecular weight is 347 g/mol. The Hall–Kier alpha value is -2.53. The third-order valence-electron chi connectivity index (χ3n) is 3.05. The summed E-state index contributed by atoms with van der Waals surface area (Å²) in [4.78, 5) is 11.9. The molecule has 0 saturated heterocycles. The number of hydrazone groups is 1. The van der Waals surface area contributed by atoms with Crippen LogP contribution in [0, 0.1) is 0 Å². The fraction of sp³-hybridized carbons (Fsp3) is 0.222. The molecule has 0 aliphatic carbocycles. The molecule has 1 N–H and O–H groups in total. The zero-order valence-electron chi connectivity index (χ0n) is 13.6. The van der Waals surface area contributed by atoms with Gasteiger partial charge < -0.3 is 9.47 Å². The van der Waals surface area contributed by atoms with Crippen LogP contribution in [0.4, 0.5) is 0 Å². The van der Waals surface area contributed by atoms with Crippen molar-refractivity contribution in [1.29, 1.82) is 0 Å². The highest BCUT2D eigenvalue weighted by Crippen LogP contribution is 2.27. The zero-order chi connectivity index (χ0) is 17.4. The van der Waals surface area contributed by atoms with Crippen molar-refractivity contribution in [2.45, 2.75) is 13.8 Å². The summed E-state index contributed by atoms with van der Waals surface area (Å²) in [7, 11) is 0. The normalized spacial score (nSPS) is 10.6. The Morgan fingerprint density at radius 1 is 1.08 bits per heavy atom. The highest BCUT2D eigenvalue weighted by Gasteiger charge is 2.06. The second-order valence-corrected chi connectivity index (χ2v) is 5.21. The van der Waals surface area contributed by atoms with Crippen molar-refractivity contribution in [3.63, 3.8) is 0 Å². The average Bonchev–Trinajstić information content (AvgIpc) is 2.58. The lowest BCUT2D eigenvalue weighted by Gasteiger charge is -2.11. The second-order valence-electron chi connectivity index (χ2n) is 4.78. The summed E-state index contributed by atoms with van der Waals surface area (Å²) in [6, 6.07) is 12.0. The van der Waals surface area contributed by atoms with Crippen LogP contribution in [0.1, 0.15) is 29.8 Å².